The Morgan fingerprint density at radius 1 is 1.23 bits per heavy atom. The largest absolute Gasteiger partial charge is 0.495 e. The molecule has 1 aromatic carbocycles. The summed E-state index contributed by atoms with van der Waals surface area (Å²) in [7, 11) is 1.49. The van der Waals surface area contributed by atoms with Crippen molar-refractivity contribution in [3.8, 4) is 5.75 Å². The van der Waals surface area contributed by atoms with Gasteiger partial charge in [0.25, 0.3) is 5.91 Å². The predicted molar refractivity (Wildman–Crippen MR) is 89.6 cm³/mol. The first-order valence-corrected chi connectivity index (χ1v) is 8.02. The number of carbonyl (C=O) groups is 4. The van der Waals surface area contributed by atoms with Crippen molar-refractivity contribution in [3.05, 3.63) is 24.3 Å². The van der Waals surface area contributed by atoms with E-state index in [1.165, 1.54) is 12.0 Å². The maximum atomic E-state index is 12.2. The minimum Gasteiger partial charge on any atom is -0.495 e. The molecule has 0 unspecified atom stereocenters. The summed E-state index contributed by atoms with van der Waals surface area (Å²) >= 11 is 0. The number of imide groups is 1. The van der Waals surface area contributed by atoms with Crippen molar-refractivity contribution >= 4 is 29.6 Å². The number of hydrogen-bond acceptors (Lipinski definition) is 7. The highest BCUT2D eigenvalue weighted by atomic mass is 16.6. The number of para-hydroxylation sites is 2. The standard InChI is InChI=1S/C17H20N2O7/c1-3-25-17(23)18-14(20)10-26-16(22)11-8-15(21)19(9-11)12-6-4-5-7-13(12)24-2/h4-7,11H,3,8-10H2,1-2H3,(H,18,20,23)/t11-/m0/s1. The van der Waals surface area contributed by atoms with E-state index < -0.39 is 30.5 Å². The van der Waals surface area contributed by atoms with Crippen LogP contribution in [0.15, 0.2) is 24.3 Å². The van der Waals surface area contributed by atoms with Gasteiger partial charge in [-0.25, -0.2) is 4.79 Å². The van der Waals surface area contributed by atoms with Crippen LogP contribution in [0, 0.1) is 5.92 Å². The second-order valence-corrected chi connectivity index (χ2v) is 5.45. The normalized spacial score (nSPS) is 16.2. The van der Waals surface area contributed by atoms with Crippen molar-refractivity contribution < 1.29 is 33.4 Å². The van der Waals surface area contributed by atoms with Crippen molar-refractivity contribution in [2.45, 2.75) is 13.3 Å². The molecule has 1 aliphatic heterocycles. The van der Waals surface area contributed by atoms with Crippen LogP contribution in [0.5, 0.6) is 5.75 Å². The third-order valence-corrected chi connectivity index (χ3v) is 3.70. The quantitative estimate of drug-likeness (QED) is 0.745. The summed E-state index contributed by atoms with van der Waals surface area (Å²) in [5.74, 6) is -1.92. The third-order valence-electron chi connectivity index (χ3n) is 3.70. The molecular weight excluding hydrogens is 344 g/mol. The highest BCUT2D eigenvalue weighted by Gasteiger charge is 2.37. The van der Waals surface area contributed by atoms with E-state index in [9.17, 15) is 19.2 Å². The van der Waals surface area contributed by atoms with E-state index in [0.717, 1.165) is 0 Å². The van der Waals surface area contributed by atoms with Gasteiger partial charge in [0.2, 0.25) is 5.91 Å². The lowest BCUT2D eigenvalue weighted by Crippen LogP contribution is -2.35. The van der Waals surface area contributed by atoms with Crippen LogP contribution in [0.2, 0.25) is 0 Å². The third kappa shape index (κ3) is 4.71. The van der Waals surface area contributed by atoms with Crippen molar-refractivity contribution in [3.63, 3.8) is 0 Å². The van der Waals surface area contributed by atoms with Gasteiger partial charge in [0.15, 0.2) is 6.61 Å². The first kappa shape index (κ1) is 19.2. The Kier molecular flexibility index (Phi) is 6.54. The Hall–Kier alpha value is -3.10. The zero-order chi connectivity index (χ0) is 19.1. The predicted octanol–water partition coefficient (Wildman–Crippen LogP) is 0.864. The van der Waals surface area contributed by atoms with Crippen LogP contribution in [0.3, 0.4) is 0 Å². The van der Waals surface area contributed by atoms with Crippen molar-refractivity contribution in [1.82, 2.24) is 5.32 Å². The molecule has 3 amide bonds. The maximum absolute atomic E-state index is 12.2. The van der Waals surface area contributed by atoms with E-state index in [1.54, 1.807) is 31.2 Å². The molecule has 9 heteroatoms. The van der Waals surface area contributed by atoms with E-state index in [0.29, 0.717) is 11.4 Å². The number of ether oxygens (including phenoxy) is 3. The fourth-order valence-corrected chi connectivity index (χ4v) is 2.52. The molecule has 1 saturated heterocycles. The second-order valence-electron chi connectivity index (χ2n) is 5.45. The molecule has 0 radical (unpaired) electrons. The second kappa shape index (κ2) is 8.84. The molecule has 1 heterocycles. The summed E-state index contributed by atoms with van der Waals surface area (Å²) in [6, 6.07) is 6.97. The molecule has 2 rings (SSSR count). The number of rotatable bonds is 6. The molecule has 26 heavy (non-hydrogen) atoms. The van der Waals surface area contributed by atoms with Crippen LogP contribution in [0.25, 0.3) is 0 Å². The van der Waals surface area contributed by atoms with Gasteiger partial charge < -0.3 is 19.1 Å². The molecule has 0 saturated carbocycles. The number of methoxy groups -OCH3 is 1. The average Bonchev–Trinajstić information content (AvgIpc) is 3.01. The minimum absolute atomic E-state index is 0.0314. The van der Waals surface area contributed by atoms with E-state index in [4.69, 9.17) is 9.47 Å². The molecule has 1 fully saturated rings. The average molecular weight is 364 g/mol. The first-order valence-electron chi connectivity index (χ1n) is 8.02. The molecule has 140 valence electrons. The molecule has 1 aliphatic rings. The summed E-state index contributed by atoms with van der Waals surface area (Å²) in [6.45, 7) is 1.20. The van der Waals surface area contributed by atoms with E-state index in [-0.39, 0.29) is 25.5 Å². The van der Waals surface area contributed by atoms with Gasteiger partial charge in [0.05, 0.1) is 25.3 Å². The zero-order valence-corrected chi connectivity index (χ0v) is 14.5. The van der Waals surface area contributed by atoms with Crippen LogP contribution in [-0.2, 0) is 23.9 Å². The van der Waals surface area contributed by atoms with Crippen LogP contribution in [0.1, 0.15) is 13.3 Å². The van der Waals surface area contributed by atoms with Crippen molar-refractivity contribution in [2.24, 2.45) is 5.92 Å². The molecule has 1 atom stereocenters. The highest BCUT2D eigenvalue weighted by Crippen LogP contribution is 2.32. The molecular formula is C17H20N2O7. The lowest BCUT2D eigenvalue weighted by molar-refractivity contribution is -0.152. The van der Waals surface area contributed by atoms with Crippen molar-refractivity contribution in [1.29, 1.82) is 0 Å². The Morgan fingerprint density at radius 2 is 1.96 bits per heavy atom. The van der Waals surface area contributed by atoms with E-state index in [1.807, 2.05) is 5.32 Å². The smallest absolute Gasteiger partial charge is 0.413 e. The maximum Gasteiger partial charge on any atom is 0.413 e. The number of hydrogen-bond donors (Lipinski definition) is 1. The van der Waals surface area contributed by atoms with Crippen LogP contribution < -0.4 is 15.0 Å². The number of nitrogens with one attached hydrogen (secondary N) is 1. The Labute approximate surface area is 150 Å². The van der Waals surface area contributed by atoms with Gasteiger partial charge >= 0.3 is 12.1 Å². The van der Waals surface area contributed by atoms with Gasteiger partial charge in [-0.1, -0.05) is 12.1 Å². The molecule has 1 N–H and O–H groups in total. The van der Waals surface area contributed by atoms with E-state index >= 15 is 0 Å². The summed E-state index contributed by atoms with van der Waals surface area (Å²) in [4.78, 5) is 48.4. The number of alkyl carbamates (subject to hydrolysis) is 1. The van der Waals surface area contributed by atoms with E-state index in [2.05, 4.69) is 4.74 Å². The van der Waals surface area contributed by atoms with Gasteiger partial charge in [0.1, 0.15) is 5.75 Å². The van der Waals surface area contributed by atoms with Gasteiger partial charge in [-0.05, 0) is 19.1 Å². The topological polar surface area (TPSA) is 111 Å². The Morgan fingerprint density at radius 3 is 2.65 bits per heavy atom. The number of anilines is 1. The first-order chi connectivity index (χ1) is 12.5. The SMILES string of the molecule is CCOC(=O)NC(=O)COC(=O)[C@H]1CC(=O)N(c2ccccc2OC)C1. The Bertz CT molecular complexity index is 704. The van der Waals surface area contributed by atoms with Crippen LogP contribution in [-0.4, -0.2) is 50.7 Å². The zero-order valence-electron chi connectivity index (χ0n) is 14.5. The summed E-state index contributed by atoms with van der Waals surface area (Å²) < 4.78 is 14.7. The molecule has 0 aromatic heterocycles. The van der Waals surface area contributed by atoms with Crippen LogP contribution in [0.4, 0.5) is 10.5 Å². The monoisotopic (exact) mass is 364 g/mol. The van der Waals surface area contributed by atoms with Crippen LogP contribution >= 0.6 is 0 Å². The molecule has 0 spiro atoms. The molecule has 0 bridgehead atoms. The van der Waals surface area contributed by atoms with Gasteiger partial charge in [-0.2, -0.15) is 0 Å². The minimum atomic E-state index is -0.910. The number of benzene rings is 1. The highest BCUT2D eigenvalue weighted by molar-refractivity contribution is 6.01. The lowest BCUT2D eigenvalue weighted by atomic mass is 10.1. The van der Waals surface area contributed by atoms with Gasteiger partial charge in [0, 0.05) is 13.0 Å². The molecule has 0 aliphatic carbocycles. The number of esters is 1. The number of carbonyl (C=O) groups excluding carboxylic acids is 4. The fourth-order valence-electron chi connectivity index (χ4n) is 2.52. The summed E-state index contributed by atoms with van der Waals surface area (Å²) in [5, 5.41) is 1.91. The fraction of sp³-hybridized carbons (Fsp3) is 0.412. The summed E-state index contributed by atoms with van der Waals surface area (Å²) in [5.41, 5.74) is 0.565. The molecule has 1 aromatic rings. The Balaban J connectivity index is 1.90. The summed E-state index contributed by atoms with van der Waals surface area (Å²) in [6.07, 6.45) is -0.942. The molecule has 9 nitrogen and oxygen atoms in total. The lowest BCUT2D eigenvalue weighted by Gasteiger charge is -2.19. The van der Waals surface area contributed by atoms with Gasteiger partial charge in [-0.3, -0.25) is 19.7 Å². The number of amides is 3. The number of nitrogens with zero attached hydrogens (tertiary/aromatic N) is 1. The van der Waals surface area contributed by atoms with Gasteiger partial charge in [-0.15, -0.1) is 0 Å². The van der Waals surface area contributed by atoms with Crippen molar-refractivity contribution in [2.75, 3.05) is 31.8 Å².